The van der Waals surface area contributed by atoms with Crippen molar-refractivity contribution in [2.75, 3.05) is 46.4 Å². The molecule has 2 N–H and O–H groups in total. The Kier molecular flexibility index (Phi) is 11.4. The van der Waals surface area contributed by atoms with Crippen molar-refractivity contribution in [3.05, 3.63) is 65.7 Å². The average Bonchev–Trinajstić information content (AvgIpc) is 2.91. The molecule has 1 aliphatic rings. The minimum Gasteiger partial charge on any atom is -0.497 e. The minimum atomic E-state index is -5.08. The number of alkyl halides is 3. The zero-order valence-corrected chi connectivity index (χ0v) is 20.8. The van der Waals surface area contributed by atoms with Gasteiger partial charge in [0.05, 0.1) is 7.11 Å². The summed E-state index contributed by atoms with van der Waals surface area (Å²) in [4.78, 5) is 38.5. The van der Waals surface area contributed by atoms with Crippen molar-refractivity contribution in [1.82, 2.24) is 15.1 Å². The van der Waals surface area contributed by atoms with Crippen LogP contribution in [-0.2, 0) is 9.59 Å². The van der Waals surface area contributed by atoms with Crippen LogP contribution in [0.2, 0.25) is 0 Å². The molecule has 0 aliphatic carbocycles. The predicted octanol–water partition coefficient (Wildman–Crippen LogP) is 3.40. The van der Waals surface area contributed by atoms with Gasteiger partial charge in [0.1, 0.15) is 5.75 Å². The smallest absolute Gasteiger partial charge is 0.490 e. The number of rotatable bonds is 8. The second-order valence-corrected chi connectivity index (χ2v) is 8.48. The topological polar surface area (TPSA) is 99.2 Å². The zero-order valence-electron chi connectivity index (χ0n) is 20.8. The van der Waals surface area contributed by atoms with Crippen LogP contribution in [-0.4, -0.2) is 85.2 Å². The summed E-state index contributed by atoms with van der Waals surface area (Å²) in [6, 6.07) is 17.3. The van der Waals surface area contributed by atoms with E-state index in [1.807, 2.05) is 35.2 Å². The Morgan fingerprint density at radius 2 is 1.70 bits per heavy atom. The molecule has 1 aliphatic heterocycles. The van der Waals surface area contributed by atoms with Gasteiger partial charge in [0.2, 0.25) is 5.91 Å². The fourth-order valence-electron chi connectivity index (χ4n) is 3.73. The number of halogens is 3. The normalized spacial score (nSPS) is 14.1. The monoisotopic (exact) mass is 523 g/mol. The number of carbonyl (C=O) groups is 3. The number of carbonyl (C=O) groups excluding carboxylic acids is 2. The minimum absolute atomic E-state index is 0.0789. The Labute approximate surface area is 214 Å². The SMILES string of the molecule is COc1cccc(C(=O)N(CCC(=O)N2CCNCC2)CC(C)c2ccccc2)c1.O=C(O)C(F)(F)F. The lowest BCUT2D eigenvalue weighted by Crippen LogP contribution is -2.47. The third-order valence-electron chi connectivity index (χ3n) is 5.77. The summed E-state index contributed by atoms with van der Waals surface area (Å²) in [5, 5.41) is 10.4. The fraction of sp³-hybridized carbons (Fsp3) is 0.423. The molecule has 1 unspecified atom stereocenters. The van der Waals surface area contributed by atoms with E-state index in [4.69, 9.17) is 14.6 Å². The van der Waals surface area contributed by atoms with Crippen molar-refractivity contribution in [3.8, 4) is 5.75 Å². The molecule has 2 amide bonds. The van der Waals surface area contributed by atoms with Crippen LogP contribution in [0.5, 0.6) is 5.75 Å². The number of methoxy groups -OCH3 is 1. The second-order valence-electron chi connectivity index (χ2n) is 8.48. The second kappa shape index (κ2) is 14.2. The number of benzene rings is 2. The Bertz CT molecular complexity index is 1030. The molecule has 2 aromatic rings. The van der Waals surface area contributed by atoms with Gasteiger partial charge in [-0.25, -0.2) is 4.79 Å². The number of piperazine rings is 1. The molecule has 1 saturated heterocycles. The van der Waals surface area contributed by atoms with E-state index in [0.717, 1.165) is 26.2 Å². The van der Waals surface area contributed by atoms with E-state index < -0.39 is 12.1 Å². The van der Waals surface area contributed by atoms with Gasteiger partial charge in [-0.05, 0) is 29.7 Å². The first-order chi connectivity index (χ1) is 17.5. The predicted molar refractivity (Wildman–Crippen MR) is 132 cm³/mol. The van der Waals surface area contributed by atoms with E-state index in [9.17, 15) is 22.8 Å². The molecule has 1 atom stereocenters. The number of nitrogens with one attached hydrogen (secondary N) is 1. The Morgan fingerprint density at radius 1 is 1.08 bits per heavy atom. The number of ether oxygens (including phenoxy) is 1. The molecule has 0 saturated carbocycles. The number of amides is 2. The van der Waals surface area contributed by atoms with Crippen molar-refractivity contribution in [3.63, 3.8) is 0 Å². The van der Waals surface area contributed by atoms with E-state index in [2.05, 4.69) is 24.4 Å². The van der Waals surface area contributed by atoms with Gasteiger partial charge in [0.15, 0.2) is 0 Å². The average molecular weight is 524 g/mol. The quantitative estimate of drug-likeness (QED) is 0.551. The van der Waals surface area contributed by atoms with E-state index in [0.29, 0.717) is 30.8 Å². The summed E-state index contributed by atoms with van der Waals surface area (Å²) in [5.74, 6) is -1.92. The maximum absolute atomic E-state index is 13.3. The number of hydrogen-bond acceptors (Lipinski definition) is 5. The number of carboxylic acids is 1. The molecule has 0 bridgehead atoms. The van der Waals surface area contributed by atoms with Crippen LogP contribution in [0.1, 0.15) is 35.2 Å². The first-order valence-corrected chi connectivity index (χ1v) is 11.8. The van der Waals surface area contributed by atoms with Crippen molar-refractivity contribution in [1.29, 1.82) is 0 Å². The molecule has 1 fully saturated rings. The molecule has 2 aromatic carbocycles. The molecule has 8 nitrogen and oxygen atoms in total. The highest BCUT2D eigenvalue weighted by molar-refractivity contribution is 5.95. The molecular formula is C26H32F3N3O5. The molecule has 0 spiro atoms. The lowest BCUT2D eigenvalue weighted by Gasteiger charge is -2.30. The standard InChI is InChI=1S/C24H31N3O3.C2HF3O2/c1-19(20-7-4-3-5-8-20)18-27(14-11-23(28)26-15-12-25-13-16-26)24(29)21-9-6-10-22(17-21)30-2;3-2(4,5)1(6)7/h3-10,17,19,25H,11-16,18H2,1-2H3;(H,6,7). The summed E-state index contributed by atoms with van der Waals surface area (Å²) >= 11 is 0. The van der Waals surface area contributed by atoms with Gasteiger partial charge in [0, 0.05) is 51.3 Å². The molecular weight excluding hydrogens is 491 g/mol. The fourth-order valence-corrected chi connectivity index (χ4v) is 3.73. The first kappa shape index (κ1) is 29.6. The van der Waals surface area contributed by atoms with E-state index >= 15 is 0 Å². The number of carboxylic acid groups (broad SMARTS) is 1. The van der Waals surface area contributed by atoms with Gasteiger partial charge in [-0.1, -0.05) is 43.3 Å². The lowest BCUT2D eigenvalue weighted by molar-refractivity contribution is -0.192. The van der Waals surface area contributed by atoms with Crippen molar-refractivity contribution < 1.29 is 37.4 Å². The zero-order chi connectivity index (χ0) is 27.4. The summed E-state index contributed by atoms with van der Waals surface area (Å²) in [7, 11) is 1.59. The Hall–Kier alpha value is -3.60. The van der Waals surface area contributed by atoms with Crippen molar-refractivity contribution >= 4 is 17.8 Å². The van der Waals surface area contributed by atoms with Gasteiger partial charge in [0.25, 0.3) is 5.91 Å². The summed E-state index contributed by atoms with van der Waals surface area (Å²) in [6.45, 7) is 6.16. The summed E-state index contributed by atoms with van der Waals surface area (Å²) in [5.41, 5.74) is 1.75. The van der Waals surface area contributed by atoms with E-state index in [1.54, 1.807) is 24.1 Å². The molecule has 37 heavy (non-hydrogen) atoms. The number of aliphatic carboxylic acids is 1. The maximum atomic E-state index is 13.3. The van der Waals surface area contributed by atoms with Crippen molar-refractivity contribution in [2.45, 2.75) is 25.4 Å². The van der Waals surface area contributed by atoms with Gasteiger partial charge < -0.3 is 25.0 Å². The Morgan fingerprint density at radius 3 is 2.27 bits per heavy atom. The highest BCUT2D eigenvalue weighted by atomic mass is 19.4. The number of nitrogens with zero attached hydrogens (tertiary/aromatic N) is 2. The molecule has 0 radical (unpaired) electrons. The van der Waals surface area contributed by atoms with E-state index in [-0.39, 0.29) is 17.7 Å². The largest absolute Gasteiger partial charge is 0.497 e. The maximum Gasteiger partial charge on any atom is 0.490 e. The molecule has 1 heterocycles. The third kappa shape index (κ3) is 9.76. The summed E-state index contributed by atoms with van der Waals surface area (Å²) in [6.07, 6.45) is -4.75. The van der Waals surface area contributed by atoms with Gasteiger partial charge in [-0.2, -0.15) is 13.2 Å². The highest BCUT2D eigenvalue weighted by Crippen LogP contribution is 2.20. The molecule has 3 rings (SSSR count). The highest BCUT2D eigenvalue weighted by Gasteiger charge is 2.38. The molecule has 11 heteroatoms. The number of hydrogen-bond donors (Lipinski definition) is 2. The molecule has 202 valence electrons. The lowest BCUT2D eigenvalue weighted by atomic mass is 10.00. The van der Waals surface area contributed by atoms with Crippen LogP contribution in [0.3, 0.4) is 0 Å². The van der Waals surface area contributed by atoms with Crippen LogP contribution >= 0.6 is 0 Å². The van der Waals surface area contributed by atoms with E-state index in [1.165, 1.54) is 5.56 Å². The van der Waals surface area contributed by atoms with Gasteiger partial charge in [-0.3, -0.25) is 9.59 Å². The summed E-state index contributed by atoms with van der Waals surface area (Å²) < 4.78 is 37.0. The third-order valence-corrected chi connectivity index (χ3v) is 5.77. The van der Waals surface area contributed by atoms with Gasteiger partial charge >= 0.3 is 12.1 Å². The van der Waals surface area contributed by atoms with Gasteiger partial charge in [-0.15, -0.1) is 0 Å². The Balaban J connectivity index is 0.000000604. The molecule has 0 aromatic heterocycles. The van der Waals surface area contributed by atoms with Crippen LogP contribution in [0, 0.1) is 0 Å². The van der Waals surface area contributed by atoms with Crippen LogP contribution in [0.25, 0.3) is 0 Å². The van der Waals surface area contributed by atoms with Crippen LogP contribution in [0.15, 0.2) is 54.6 Å². The first-order valence-electron chi connectivity index (χ1n) is 11.8. The van der Waals surface area contributed by atoms with Crippen LogP contribution in [0.4, 0.5) is 13.2 Å². The van der Waals surface area contributed by atoms with Crippen molar-refractivity contribution in [2.24, 2.45) is 0 Å². The van der Waals surface area contributed by atoms with Crippen LogP contribution < -0.4 is 10.1 Å².